The molecule has 1 N–H and O–H groups in total. The molecule has 5 nitrogen and oxygen atoms in total. The van der Waals surface area contributed by atoms with Gasteiger partial charge in [0, 0.05) is 25.6 Å². The topological polar surface area (TPSA) is 68.0 Å². The molecule has 1 atom stereocenters. The average Bonchev–Trinajstić information content (AvgIpc) is 3.15. The first kappa shape index (κ1) is 16.4. The number of anilines is 1. The van der Waals surface area contributed by atoms with Crippen LogP contribution in [0.4, 0.5) is 10.3 Å². The lowest BCUT2D eigenvalue weighted by molar-refractivity contribution is 0.0962. The molecule has 0 radical (unpaired) electrons. The summed E-state index contributed by atoms with van der Waals surface area (Å²) in [6.45, 7) is 0.641. The molecule has 132 valence electrons. The van der Waals surface area contributed by atoms with Gasteiger partial charge in [0.1, 0.15) is 11.6 Å². The van der Waals surface area contributed by atoms with Crippen LogP contribution in [-0.4, -0.2) is 22.3 Å². The van der Waals surface area contributed by atoms with Gasteiger partial charge < -0.3 is 9.73 Å². The highest BCUT2D eigenvalue weighted by molar-refractivity contribution is 5.98. The fraction of sp³-hybridized carbons (Fsp3) is 0.250. The number of nitrogens with one attached hydrogen (secondary N) is 1. The number of furan rings is 1. The second-order valence-electron chi connectivity index (χ2n) is 6.39. The lowest BCUT2D eigenvalue weighted by atomic mass is 9.82. The highest BCUT2D eigenvalue weighted by Crippen LogP contribution is 2.32. The molecule has 0 bridgehead atoms. The Morgan fingerprint density at radius 1 is 1.19 bits per heavy atom. The Bertz CT molecular complexity index is 907. The summed E-state index contributed by atoms with van der Waals surface area (Å²) < 4.78 is 18.4. The number of carbonyl (C=O) groups excluding carboxylic acids is 1. The summed E-state index contributed by atoms with van der Waals surface area (Å²) in [7, 11) is 0. The molecule has 2 heterocycles. The van der Waals surface area contributed by atoms with E-state index in [1.54, 1.807) is 24.6 Å². The van der Waals surface area contributed by atoms with E-state index in [1.807, 2.05) is 12.1 Å². The minimum Gasteiger partial charge on any atom is -0.469 e. The predicted octanol–water partition coefficient (Wildman–Crippen LogP) is 3.78. The molecule has 0 spiro atoms. The largest absolute Gasteiger partial charge is 0.469 e. The van der Waals surface area contributed by atoms with Crippen LogP contribution in [-0.2, 0) is 12.8 Å². The third-order valence-electron chi connectivity index (χ3n) is 4.62. The number of carbonyl (C=O) groups is 1. The second kappa shape index (κ2) is 7.07. The molecule has 2 aromatic heterocycles. The van der Waals surface area contributed by atoms with Crippen LogP contribution in [0.2, 0.25) is 0 Å². The quantitative estimate of drug-likeness (QED) is 0.758. The second-order valence-corrected chi connectivity index (χ2v) is 6.39. The first-order chi connectivity index (χ1) is 12.7. The summed E-state index contributed by atoms with van der Waals surface area (Å²) in [6, 6.07) is 10.1. The zero-order valence-electron chi connectivity index (χ0n) is 14.1. The Kier molecular flexibility index (Phi) is 4.48. The van der Waals surface area contributed by atoms with Crippen molar-refractivity contribution in [1.29, 1.82) is 0 Å². The molecule has 0 aliphatic heterocycles. The fourth-order valence-electron chi connectivity index (χ4n) is 3.25. The zero-order chi connectivity index (χ0) is 17.9. The van der Waals surface area contributed by atoms with Crippen LogP contribution < -0.4 is 5.32 Å². The Morgan fingerprint density at radius 2 is 2.04 bits per heavy atom. The maximum Gasteiger partial charge on any atom is 0.222 e. The molecular weight excluding hydrogens is 333 g/mol. The summed E-state index contributed by atoms with van der Waals surface area (Å²) in [4.78, 5) is 21.2. The van der Waals surface area contributed by atoms with Crippen LogP contribution in [0.3, 0.4) is 0 Å². The lowest BCUT2D eigenvalue weighted by Crippen LogP contribution is -2.21. The standard InChI is InChI=1S/C20H18FN3O2/c21-15-5-3-13(4-6-15)14-10-18-17(19(25)11-14)12-23-20(24-18)22-8-7-16-2-1-9-26-16/h1-6,9,12,14H,7-8,10-11H2,(H,22,23,24). The van der Waals surface area contributed by atoms with Gasteiger partial charge in [-0.3, -0.25) is 4.79 Å². The van der Waals surface area contributed by atoms with Crippen LogP contribution in [0.5, 0.6) is 0 Å². The van der Waals surface area contributed by atoms with E-state index >= 15 is 0 Å². The third kappa shape index (κ3) is 3.49. The molecule has 1 unspecified atom stereocenters. The van der Waals surface area contributed by atoms with Crippen LogP contribution in [0, 0.1) is 5.82 Å². The summed E-state index contributed by atoms with van der Waals surface area (Å²) in [6.07, 6.45) is 5.01. The van der Waals surface area contributed by atoms with Gasteiger partial charge in [-0.05, 0) is 42.2 Å². The van der Waals surface area contributed by atoms with Crippen LogP contribution in [0.1, 0.15) is 39.7 Å². The first-order valence-corrected chi connectivity index (χ1v) is 8.60. The van der Waals surface area contributed by atoms with Gasteiger partial charge in [-0.25, -0.2) is 14.4 Å². The van der Waals surface area contributed by atoms with Gasteiger partial charge in [0.15, 0.2) is 5.78 Å². The number of rotatable bonds is 5. The Balaban J connectivity index is 1.48. The van der Waals surface area contributed by atoms with E-state index in [0.29, 0.717) is 30.9 Å². The molecule has 1 aliphatic carbocycles. The third-order valence-corrected chi connectivity index (χ3v) is 4.62. The molecule has 1 aliphatic rings. The molecule has 26 heavy (non-hydrogen) atoms. The van der Waals surface area contributed by atoms with Crippen LogP contribution in [0.15, 0.2) is 53.3 Å². The summed E-state index contributed by atoms with van der Waals surface area (Å²) >= 11 is 0. The fourth-order valence-corrected chi connectivity index (χ4v) is 3.25. The number of aromatic nitrogens is 2. The minimum atomic E-state index is -0.276. The molecule has 6 heteroatoms. The van der Waals surface area contributed by atoms with Crippen molar-refractivity contribution in [3.63, 3.8) is 0 Å². The molecule has 0 saturated carbocycles. The summed E-state index contributed by atoms with van der Waals surface area (Å²) in [5.74, 6) is 1.16. The SMILES string of the molecule is O=C1CC(c2ccc(F)cc2)Cc2nc(NCCc3ccco3)ncc21. The highest BCUT2D eigenvalue weighted by Gasteiger charge is 2.28. The number of nitrogens with zero attached hydrogens (tertiary/aromatic N) is 2. The monoisotopic (exact) mass is 351 g/mol. The molecule has 1 aromatic carbocycles. The van der Waals surface area contributed by atoms with Crippen molar-refractivity contribution in [2.75, 3.05) is 11.9 Å². The lowest BCUT2D eigenvalue weighted by Gasteiger charge is -2.23. The van der Waals surface area contributed by atoms with Gasteiger partial charge in [0.2, 0.25) is 5.95 Å². The smallest absolute Gasteiger partial charge is 0.222 e. The van der Waals surface area contributed by atoms with Gasteiger partial charge in [-0.2, -0.15) is 0 Å². The number of benzene rings is 1. The maximum absolute atomic E-state index is 13.1. The van der Waals surface area contributed by atoms with Crippen molar-refractivity contribution in [1.82, 2.24) is 9.97 Å². The van der Waals surface area contributed by atoms with Gasteiger partial charge >= 0.3 is 0 Å². The molecule has 0 fully saturated rings. The van der Waals surface area contributed by atoms with Gasteiger partial charge in [-0.15, -0.1) is 0 Å². The van der Waals surface area contributed by atoms with E-state index in [-0.39, 0.29) is 17.5 Å². The van der Waals surface area contributed by atoms with Crippen LogP contribution >= 0.6 is 0 Å². The number of fused-ring (bicyclic) bond motifs is 1. The van der Waals surface area contributed by atoms with Crippen molar-refractivity contribution in [2.45, 2.75) is 25.2 Å². The van der Waals surface area contributed by atoms with E-state index in [9.17, 15) is 9.18 Å². The Hall–Kier alpha value is -3.02. The highest BCUT2D eigenvalue weighted by atomic mass is 19.1. The van der Waals surface area contributed by atoms with E-state index in [0.717, 1.165) is 23.4 Å². The zero-order valence-corrected chi connectivity index (χ0v) is 14.1. The summed E-state index contributed by atoms with van der Waals surface area (Å²) in [5, 5.41) is 3.17. The normalized spacial score (nSPS) is 16.3. The number of ketones is 1. The van der Waals surface area contributed by atoms with Crippen molar-refractivity contribution in [3.05, 3.63) is 77.3 Å². The number of hydrogen-bond donors (Lipinski definition) is 1. The van der Waals surface area contributed by atoms with Crippen molar-refractivity contribution in [2.24, 2.45) is 0 Å². The number of halogens is 1. The van der Waals surface area contributed by atoms with Crippen molar-refractivity contribution < 1.29 is 13.6 Å². The van der Waals surface area contributed by atoms with Gasteiger partial charge in [-0.1, -0.05) is 12.1 Å². The Morgan fingerprint density at radius 3 is 2.81 bits per heavy atom. The minimum absolute atomic E-state index is 0.0152. The Labute approximate surface area is 150 Å². The first-order valence-electron chi connectivity index (χ1n) is 8.60. The molecule has 4 rings (SSSR count). The molecule has 0 amide bonds. The average molecular weight is 351 g/mol. The van der Waals surface area contributed by atoms with E-state index in [4.69, 9.17) is 4.42 Å². The molecule has 3 aromatic rings. The van der Waals surface area contributed by atoms with E-state index in [1.165, 1.54) is 12.1 Å². The van der Waals surface area contributed by atoms with Crippen molar-refractivity contribution >= 4 is 11.7 Å². The van der Waals surface area contributed by atoms with E-state index < -0.39 is 0 Å². The predicted molar refractivity (Wildman–Crippen MR) is 94.7 cm³/mol. The number of Topliss-reactive ketones (excluding diaryl/α,β-unsaturated/α-hetero) is 1. The maximum atomic E-state index is 13.1. The summed E-state index contributed by atoms with van der Waals surface area (Å²) in [5.41, 5.74) is 2.28. The number of hydrogen-bond acceptors (Lipinski definition) is 5. The van der Waals surface area contributed by atoms with Gasteiger partial charge in [0.25, 0.3) is 0 Å². The van der Waals surface area contributed by atoms with Crippen LogP contribution in [0.25, 0.3) is 0 Å². The van der Waals surface area contributed by atoms with Crippen molar-refractivity contribution in [3.8, 4) is 0 Å². The van der Waals surface area contributed by atoms with Gasteiger partial charge in [0.05, 0.1) is 17.5 Å². The molecule has 0 saturated heterocycles. The molecular formula is C20H18FN3O2. The van der Waals surface area contributed by atoms with E-state index in [2.05, 4.69) is 15.3 Å².